The predicted octanol–water partition coefficient (Wildman–Crippen LogP) is 5.77. The Morgan fingerprint density at radius 3 is 1.73 bits per heavy atom. The van der Waals surface area contributed by atoms with Crippen LogP contribution in [0, 0.1) is 5.92 Å². The van der Waals surface area contributed by atoms with Gasteiger partial charge in [0, 0.05) is 0 Å². The van der Waals surface area contributed by atoms with Gasteiger partial charge in [0.2, 0.25) is 0 Å². The van der Waals surface area contributed by atoms with E-state index in [0.29, 0.717) is 0 Å². The second kappa shape index (κ2) is 10.8. The third kappa shape index (κ3) is 6.93. The molecule has 2 fully saturated rings. The Balaban J connectivity index is 1.78. The molecule has 2 saturated carbocycles. The molecule has 22 heavy (non-hydrogen) atoms. The van der Waals surface area contributed by atoms with Gasteiger partial charge in [-0.3, -0.25) is 0 Å². The largest absolute Gasteiger partial charge is 0.338 e. The lowest BCUT2D eigenvalue weighted by atomic mass is 9.89. The molecule has 0 aromatic carbocycles. The van der Waals surface area contributed by atoms with Crippen molar-refractivity contribution in [3.05, 3.63) is 0 Å². The summed E-state index contributed by atoms with van der Waals surface area (Å²) in [6.45, 7) is 0. The first kappa shape index (κ1) is 17.5. The molecule has 2 aliphatic carbocycles. The quantitative estimate of drug-likeness (QED) is 0.480. The zero-order valence-corrected chi connectivity index (χ0v) is 14.2. The molecule has 0 aliphatic heterocycles. The van der Waals surface area contributed by atoms with Gasteiger partial charge in [0.15, 0.2) is 0 Å². The fraction of sp³-hybridized carbons (Fsp3) is 0.895. The highest BCUT2D eigenvalue weighted by Gasteiger charge is 2.22. The molecule has 0 bridgehead atoms. The maximum atomic E-state index is 12.1. The maximum absolute atomic E-state index is 12.1. The van der Waals surface area contributed by atoms with Gasteiger partial charge in [-0.2, -0.15) is 0 Å². The van der Waals surface area contributed by atoms with Crippen molar-refractivity contribution >= 4 is 11.7 Å². The molecular weight excluding hydrogens is 274 g/mol. The molecule has 0 radical (unpaired) electrons. The zero-order valence-electron chi connectivity index (χ0n) is 14.2. The molecule has 0 heterocycles. The smallest absolute Gasteiger partial charge is 0.318 e. The van der Waals surface area contributed by atoms with Crippen LogP contribution in [0.25, 0.3) is 0 Å². The van der Waals surface area contributed by atoms with Crippen molar-refractivity contribution in [3.63, 3.8) is 0 Å². The molecule has 3 heteroatoms. The molecule has 0 aromatic heterocycles. The van der Waals surface area contributed by atoms with Crippen LogP contribution in [0.5, 0.6) is 0 Å². The van der Waals surface area contributed by atoms with Crippen molar-refractivity contribution in [1.82, 2.24) is 0 Å². The summed E-state index contributed by atoms with van der Waals surface area (Å²) in [4.78, 5) is 17.4. The summed E-state index contributed by atoms with van der Waals surface area (Å²) in [6, 6.07) is 0. The topological polar surface area (TPSA) is 38.7 Å². The van der Waals surface area contributed by atoms with Crippen LogP contribution in [0.2, 0.25) is 0 Å². The lowest BCUT2D eigenvalue weighted by Gasteiger charge is -2.18. The summed E-state index contributed by atoms with van der Waals surface area (Å²) in [5, 5.41) is 4.25. The van der Waals surface area contributed by atoms with Crippen LogP contribution in [0.3, 0.4) is 0 Å². The van der Waals surface area contributed by atoms with Crippen LogP contribution < -0.4 is 0 Å². The molecule has 0 amide bonds. The van der Waals surface area contributed by atoms with Gasteiger partial charge in [-0.05, 0) is 38.5 Å². The first-order valence-corrected chi connectivity index (χ1v) is 9.63. The normalized spacial score (nSPS) is 23.2. The second-order valence-electron chi connectivity index (χ2n) is 7.08. The van der Waals surface area contributed by atoms with Crippen LogP contribution in [-0.2, 0) is 9.63 Å². The Morgan fingerprint density at radius 2 is 1.18 bits per heavy atom. The summed E-state index contributed by atoms with van der Waals surface area (Å²) in [5.74, 6) is 0.0164. The van der Waals surface area contributed by atoms with Crippen molar-refractivity contribution in [3.8, 4) is 0 Å². The average molecular weight is 307 g/mol. The van der Waals surface area contributed by atoms with Gasteiger partial charge in [-0.1, -0.05) is 69.4 Å². The fourth-order valence-corrected chi connectivity index (χ4v) is 3.63. The summed E-state index contributed by atoms with van der Waals surface area (Å²) < 4.78 is 0. The number of carbonyl (C=O) groups excluding carboxylic acids is 1. The maximum Gasteiger partial charge on any atom is 0.338 e. The Morgan fingerprint density at radius 1 is 0.727 bits per heavy atom. The number of oxime groups is 1. The third-order valence-electron chi connectivity index (χ3n) is 5.13. The molecule has 0 saturated heterocycles. The van der Waals surface area contributed by atoms with E-state index in [-0.39, 0.29) is 11.9 Å². The summed E-state index contributed by atoms with van der Waals surface area (Å²) in [5.41, 5.74) is 1.12. The molecule has 0 N–H and O–H groups in total. The standard InChI is InChI=1S/C19H33NO2/c21-19(17-13-9-8-10-14-17)22-20-18-15-11-6-4-2-1-3-5-7-12-16-18/h17H,1-16H2. The van der Waals surface area contributed by atoms with E-state index in [4.69, 9.17) is 4.84 Å². The van der Waals surface area contributed by atoms with E-state index in [1.165, 1.54) is 64.2 Å². The van der Waals surface area contributed by atoms with Crippen LogP contribution in [-0.4, -0.2) is 11.7 Å². The number of nitrogens with zero attached hydrogens (tertiary/aromatic N) is 1. The molecule has 0 aromatic rings. The van der Waals surface area contributed by atoms with Crippen LogP contribution >= 0.6 is 0 Å². The summed E-state index contributed by atoms with van der Waals surface area (Å²) >= 11 is 0. The molecule has 126 valence electrons. The second-order valence-corrected chi connectivity index (χ2v) is 7.08. The van der Waals surface area contributed by atoms with Crippen molar-refractivity contribution < 1.29 is 9.63 Å². The minimum atomic E-state index is -0.0849. The Hall–Kier alpha value is -0.860. The first-order chi connectivity index (χ1) is 10.9. The molecule has 2 rings (SSSR count). The third-order valence-corrected chi connectivity index (χ3v) is 5.13. The highest BCUT2D eigenvalue weighted by atomic mass is 16.7. The summed E-state index contributed by atoms with van der Waals surface area (Å²) in [6.07, 6.45) is 19.4. The molecule has 0 spiro atoms. The van der Waals surface area contributed by atoms with E-state index >= 15 is 0 Å². The Bertz CT molecular complexity index is 331. The highest BCUT2D eigenvalue weighted by Crippen LogP contribution is 2.25. The van der Waals surface area contributed by atoms with E-state index in [1.807, 2.05) is 0 Å². The van der Waals surface area contributed by atoms with E-state index in [0.717, 1.165) is 44.2 Å². The minimum absolute atomic E-state index is 0.0849. The summed E-state index contributed by atoms with van der Waals surface area (Å²) in [7, 11) is 0. The van der Waals surface area contributed by atoms with Gasteiger partial charge < -0.3 is 4.84 Å². The monoisotopic (exact) mass is 307 g/mol. The fourth-order valence-electron chi connectivity index (χ4n) is 3.63. The Labute approximate surface area is 135 Å². The molecule has 0 unspecified atom stereocenters. The van der Waals surface area contributed by atoms with Gasteiger partial charge in [0.25, 0.3) is 0 Å². The van der Waals surface area contributed by atoms with Crippen molar-refractivity contribution in [1.29, 1.82) is 0 Å². The Kier molecular flexibility index (Phi) is 8.59. The van der Waals surface area contributed by atoms with Crippen LogP contribution in [0.15, 0.2) is 5.16 Å². The van der Waals surface area contributed by atoms with E-state index in [2.05, 4.69) is 5.16 Å². The number of hydrogen-bond acceptors (Lipinski definition) is 3. The SMILES string of the molecule is O=C(ON=C1CCCCCCCCCCC1)C1CCCCC1. The lowest BCUT2D eigenvalue weighted by Crippen LogP contribution is -2.19. The van der Waals surface area contributed by atoms with Gasteiger partial charge in [-0.25, -0.2) is 4.79 Å². The highest BCUT2D eigenvalue weighted by molar-refractivity contribution is 5.85. The first-order valence-electron chi connectivity index (χ1n) is 9.63. The molecule has 0 atom stereocenters. The van der Waals surface area contributed by atoms with E-state index in [1.54, 1.807) is 0 Å². The minimum Gasteiger partial charge on any atom is -0.318 e. The zero-order chi connectivity index (χ0) is 15.5. The van der Waals surface area contributed by atoms with Gasteiger partial charge in [-0.15, -0.1) is 0 Å². The van der Waals surface area contributed by atoms with Crippen molar-refractivity contribution in [2.75, 3.05) is 0 Å². The van der Waals surface area contributed by atoms with Crippen LogP contribution in [0.1, 0.15) is 103 Å². The van der Waals surface area contributed by atoms with E-state index in [9.17, 15) is 4.79 Å². The molecular formula is C19H33NO2. The number of rotatable bonds is 2. The van der Waals surface area contributed by atoms with E-state index < -0.39 is 0 Å². The van der Waals surface area contributed by atoms with Gasteiger partial charge in [0.1, 0.15) is 0 Å². The van der Waals surface area contributed by atoms with Gasteiger partial charge >= 0.3 is 5.97 Å². The number of hydrogen-bond donors (Lipinski definition) is 0. The van der Waals surface area contributed by atoms with Gasteiger partial charge in [0.05, 0.1) is 11.6 Å². The number of carbonyl (C=O) groups is 1. The van der Waals surface area contributed by atoms with Crippen molar-refractivity contribution in [2.24, 2.45) is 11.1 Å². The van der Waals surface area contributed by atoms with Crippen LogP contribution in [0.4, 0.5) is 0 Å². The molecule has 3 nitrogen and oxygen atoms in total. The predicted molar refractivity (Wildman–Crippen MR) is 90.9 cm³/mol. The lowest BCUT2D eigenvalue weighted by molar-refractivity contribution is -0.149. The molecule has 2 aliphatic rings. The van der Waals surface area contributed by atoms with Crippen molar-refractivity contribution in [2.45, 2.75) is 103 Å². The average Bonchev–Trinajstić information content (AvgIpc) is 2.55.